The molecule has 0 aliphatic heterocycles. The van der Waals surface area contributed by atoms with Gasteiger partial charge in [-0.2, -0.15) is 0 Å². The van der Waals surface area contributed by atoms with E-state index in [9.17, 15) is 0 Å². The lowest BCUT2D eigenvalue weighted by Gasteiger charge is -1.95. The SMILES string of the molecule is C=CCCNCCCl. The molecule has 1 N–H and O–H groups in total. The van der Waals surface area contributed by atoms with Gasteiger partial charge in [0.2, 0.25) is 0 Å². The third-order valence-electron chi connectivity index (χ3n) is 0.797. The van der Waals surface area contributed by atoms with Crippen molar-refractivity contribution >= 4 is 11.6 Å². The maximum Gasteiger partial charge on any atom is 0.0348 e. The minimum absolute atomic E-state index is 0.692. The number of rotatable bonds is 5. The van der Waals surface area contributed by atoms with E-state index >= 15 is 0 Å². The van der Waals surface area contributed by atoms with E-state index in [1.807, 2.05) is 6.08 Å². The van der Waals surface area contributed by atoms with Gasteiger partial charge in [0.25, 0.3) is 0 Å². The molecule has 0 rings (SSSR count). The third kappa shape index (κ3) is 5.99. The number of alkyl halides is 1. The van der Waals surface area contributed by atoms with Gasteiger partial charge in [0, 0.05) is 12.4 Å². The molecule has 0 aliphatic rings. The van der Waals surface area contributed by atoms with Crippen LogP contribution in [0.4, 0.5) is 0 Å². The zero-order valence-corrected chi connectivity index (χ0v) is 5.75. The predicted octanol–water partition coefficient (Wildman–Crippen LogP) is 1.39. The smallest absolute Gasteiger partial charge is 0.0348 e. The van der Waals surface area contributed by atoms with Crippen LogP contribution in [0.25, 0.3) is 0 Å². The van der Waals surface area contributed by atoms with Crippen molar-refractivity contribution in [2.24, 2.45) is 0 Å². The zero-order chi connectivity index (χ0) is 6.24. The molecule has 0 amide bonds. The molecule has 8 heavy (non-hydrogen) atoms. The molecule has 0 aliphatic carbocycles. The van der Waals surface area contributed by atoms with Crippen LogP contribution >= 0.6 is 11.6 Å². The highest BCUT2D eigenvalue weighted by Gasteiger charge is 1.79. The molecule has 0 unspecified atom stereocenters. The highest BCUT2D eigenvalue weighted by Crippen LogP contribution is 1.75. The van der Waals surface area contributed by atoms with Crippen molar-refractivity contribution in [3.8, 4) is 0 Å². The van der Waals surface area contributed by atoms with Crippen molar-refractivity contribution in [3.05, 3.63) is 12.7 Å². The molecule has 0 spiro atoms. The minimum atomic E-state index is 0.692. The van der Waals surface area contributed by atoms with Crippen molar-refractivity contribution < 1.29 is 0 Å². The van der Waals surface area contributed by atoms with Gasteiger partial charge in [-0.3, -0.25) is 0 Å². The summed E-state index contributed by atoms with van der Waals surface area (Å²) in [5, 5.41) is 3.13. The second-order valence-corrected chi connectivity index (χ2v) is 1.89. The Bertz CT molecular complexity index is 54.5. The Morgan fingerprint density at radius 2 is 2.25 bits per heavy atom. The Kier molecular flexibility index (Phi) is 6.98. The first-order chi connectivity index (χ1) is 3.91. The van der Waals surface area contributed by atoms with Gasteiger partial charge in [-0.05, 0) is 13.0 Å². The van der Waals surface area contributed by atoms with E-state index < -0.39 is 0 Å². The summed E-state index contributed by atoms with van der Waals surface area (Å²) in [6.07, 6.45) is 2.91. The average molecular weight is 134 g/mol. The van der Waals surface area contributed by atoms with E-state index in [1.165, 1.54) is 0 Å². The molecule has 0 saturated heterocycles. The lowest BCUT2D eigenvalue weighted by atomic mass is 10.4. The fraction of sp³-hybridized carbons (Fsp3) is 0.667. The molecular formula is C6H12ClN. The van der Waals surface area contributed by atoms with Crippen LogP contribution < -0.4 is 5.32 Å². The van der Waals surface area contributed by atoms with Gasteiger partial charge in [-0.15, -0.1) is 18.2 Å². The van der Waals surface area contributed by atoms with E-state index in [4.69, 9.17) is 11.6 Å². The number of nitrogens with one attached hydrogen (secondary N) is 1. The summed E-state index contributed by atoms with van der Waals surface area (Å²) in [5.74, 6) is 0.692. The van der Waals surface area contributed by atoms with Crippen LogP contribution in [-0.2, 0) is 0 Å². The molecule has 0 heterocycles. The summed E-state index contributed by atoms with van der Waals surface area (Å²) in [6.45, 7) is 5.48. The van der Waals surface area contributed by atoms with E-state index in [2.05, 4.69) is 11.9 Å². The number of halogens is 1. The molecule has 2 heteroatoms. The van der Waals surface area contributed by atoms with Crippen LogP contribution in [-0.4, -0.2) is 19.0 Å². The molecule has 0 aromatic carbocycles. The van der Waals surface area contributed by atoms with Crippen LogP contribution in [0.15, 0.2) is 12.7 Å². The Hall–Kier alpha value is -0.0100. The van der Waals surface area contributed by atoms with Crippen LogP contribution in [0.2, 0.25) is 0 Å². The lowest BCUT2D eigenvalue weighted by molar-refractivity contribution is 0.730. The first-order valence-corrected chi connectivity index (χ1v) is 3.33. The molecular weight excluding hydrogens is 122 g/mol. The normalized spacial score (nSPS) is 9.12. The summed E-state index contributed by atoms with van der Waals surface area (Å²) < 4.78 is 0. The topological polar surface area (TPSA) is 12.0 Å². The molecule has 0 saturated carbocycles. The summed E-state index contributed by atoms with van der Waals surface area (Å²) in [7, 11) is 0. The van der Waals surface area contributed by atoms with E-state index in [1.54, 1.807) is 0 Å². The Morgan fingerprint density at radius 3 is 2.75 bits per heavy atom. The van der Waals surface area contributed by atoms with Crippen LogP contribution in [0, 0.1) is 0 Å². The second-order valence-electron chi connectivity index (χ2n) is 1.52. The summed E-state index contributed by atoms with van der Waals surface area (Å²) in [4.78, 5) is 0. The van der Waals surface area contributed by atoms with Crippen molar-refractivity contribution in [2.45, 2.75) is 6.42 Å². The van der Waals surface area contributed by atoms with Gasteiger partial charge in [-0.25, -0.2) is 0 Å². The molecule has 0 fully saturated rings. The molecule has 0 aromatic rings. The molecule has 0 radical (unpaired) electrons. The average Bonchev–Trinajstić information content (AvgIpc) is 1.81. The largest absolute Gasteiger partial charge is 0.315 e. The Balaban J connectivity index is 2.62. The summed E-state index contributed by atoms with van der Waals surface area (Å²) in [5.41, 5.74) is 0. The van der Waals surface area contributed by atoms with E-state index in [0.717, 1.165) is 19.5 Å². The summed E-state index contributed by atoms with van der Waals surface area (Å²) in [6, 6.07) is 0. The summed E-state index contributed by atoms with van der Waals surface area (Å²) >= 11 is 5.39. The predicted molar refractivity (Wildman–Crippen MR) is 38.4 cm³/mol. The standard InChI is InChI=1S/C6H12ClN/c1-2-3-5-8-6-4-7/h2,8H,1,3-6H2. The molecule has 0 bridgehead atoms. The number of hydrogen-bond acceptors (Lipinski definition) is 1. The van der Waals surface area contributed by atoms with E-state index in [-0.39, 0.29) is 0 Å². The number of hydrogen-bond donors (Lipinski definition) is 1. The molecule has 1 nitrogen and oxygen atoms in total. The van der Waals surface area contributed by atoms with Gasteiger partial charge in [0.15, 0.2) is 0 Å². The van der Waals surface area contributed by atoms with Crippen molar-refractivity contribution in [2.75, 3.05) is 19.0 Å². The highest BCUT2D eigenvalue weighted by atomic mass is 35.5. The minimum Gasteiger partial charge on any atom is -0.315 e. The molecule has 48 valence electrons. The monoisotopic (exact) mass is 133 g/mol. The maximum absolute atomic E-state index is 5.39. The fourth-order valence-electron chi connectivity index (χ4n) is 0.396. The first-order valence-electron chi connectivity index (χ1n) is 2.79. The van der Waals surface area contributed by atoms with Crippen LogP contribution in [0.5, 0.6) is 0 Å². The first kappa shape index (κ1) is 7.99. The Labute approximate surface area is 55.7 Å². The van der Waals surface area contributed by atoms with Gasteiger partial charge in [0.1, 0.15) is 0 Å². The van der Waals surface area contributed by atoms with Gasteiger partial charge >= 0.3 is 0 Å². The van der Waals surface area contributed by atoms with Crippen molar-refractivity contribution in [1.29, 1.82) is 0 Å². The van der Waals surface area contributed by atoms with E-state index in [0.29, 0.717) is 5.88 Å². The van der Waals surface area contributed by atoms with Crippen LogP contribution in [0.3, 0.4) is 0 Å². The molecule has 0 atom stereocenters. The zero-order valence-electron chi connectivity index (χ0n) is 4.99. The van der Waals surface area contributed by atoms with Gasteiger partial charge < -0.3 is 5.32 Å². The maximum atomic E-state index is 5.39. The molecule has 0 aromatic heterocycles. The van der Waals surface area contributed by atoms with Crippen molar-refractivity contribution in [3.63, 3.8) is 0 Å². The third-order valence-corrected chi connectivity index (χ3v) is 0.985. The Morgan fingerprint density at radius 1 is 1.50 bits per heavy atom. The van der Waals surface area contributed by atoms with Gasteiger partial charge in [0.05, 0.1) is 0 Å². The second kappa shape index (κ2) is 6.99. The fourth-order valence-corrected chi connectivity index (χ4v) is 0.530. The van der Waals surface area contributed by atoms with Gasteiger partial charge in [-0.1, -0.05) is 6.08 Å². The quantitative estimate of drug-likeness (QED) is 0.340. The van der Waals surface area contributed by atoms with Crippen LogP contribution in [0.1, 0.15) is 6.42 Å². The highest BCUT2D eigenvalue weighted by molar-refractivity contribution is 6.18. The lowest BCUT2D eigenvalue weighted by Crippen LogP contribution is -2.16. The van der Waals surface area contributed by atoms with Crippen molar-refractivity contribution in [1.82, 2.24) is 5.32 Å².